The van der Waals surface area contributed by atoms with E-state index in [2.05, 4.69) is 13.7 Å². The first-order valence-electron chi connectivity index (χ1n) is 4.67. The van der Waals surface area contributed by atoms with E-state index in [1.807, 2.05) is 30.5 Å². The standard InChI is InChI=1S/C11H6ClN3S/c12-11-10(14-16-15-11)9-6-13-5-7-3-1-2-4-8(7)9/h1-6H. The number of pyridine rings is 1. The van der Waals surface area contributed by atoms with Gasteiger partial charge in [-0.25, -0.2) is 0 Å². The van der Waals surface area contributed by atoms with Crippen molar-refractivity contribution in [3.05, 3.63) is 41.8 Å². The zero-order valence-electron chi connectivity index (χ0n) is 8.09. The fraction of sp³-hybridized carbons (Fsp3) is 0. The molecule has 0 atom stereocenters. The van der Waals surface area contributed by atoms with Crippen LogP contribution >= 0.6 is 23.3 Å². The van der Waals surface area contributed by atoms with Crippen LogP contribution in [0.3, 0.4) is 0 Å². The third-order valence-electron chi connectivity index (χ3n) is 2.37. The van der Waals surface area contributed by atoms with Gasteiger partial charge in [-0.3, -0.25) is 4.98 Å². The summed E-state index contributed by atoms with van der Waals surface area (Å²) in [6.07, 6.45) is 3.59. The SMILES string of the molecule is Clc1nsnc1-c1cncc2ccccc12. The van der Waals surface area contributed by atoms with Gasteiger partial charge in [0.25, 0.3) is 0 Å². The number of fused-ring (bicyclic) bond motifs is 1. The fourth-order valence-electron chi connectivity index (χ4n) is 1.64. The van der Waals surface area contributed by atoms with Gasteiger partial charge in [0.2, 0.25) is 0 Å². The van der Waals surface area contributed by atoms with Crippen LogP contribution in [-0.4, -0.2) is 13.7 Å². The molecule has 2 aromatic heterocycles. The van der Waals surface area contributed by atoms with Crippen molar-refractivity contribution in [1.29, 1.82) is 0 Å². The smallest absolute Gasteiger partial charge is 0.170 e. The van der Waals surface area contributed by atoms with Gasteiger partial charge in [0.05, 0.1) is 11.7 Å². The van der Waals surface area contributed by atoms with E-state index in [0.29, 0.717) is 10.8 Å². The Hall–Kier alpha value is -1.52. The van der Waals surface area contributed by atoms with Crippen LogP contribution in [0.15, 0.2) is 36.7 Å². The molecule has 0 spiro atoms. The highest BCUT2D eigenvalue weighted by Gasteiger charge is 2.11. The summed E-state index contributed by atoms with van der Waals surface area (Å²) in [5.41, 5.74) is 1.63. The summed E-state index contributed by atoms with van der Waals surface area (Å²) in [7, 11) is 0. The average Bonchev–Trinajstić information content (AvgIpc) is 2.75. The monoisotopic (exact) mass is 247 g/mol. The van der Waals surface area contributed by atoms with Crippen molar-refractivity contribution in [1.82, 2.24) is 13.7 Å². The molecule has 0 saturated carbocycles. The Bertz CT molecular complexity index is 645. The lowest BCUT2D eigenvalue weighted by atomic mass is 10.1. The molecule has 0 aliphatic carbocycles. The number of rotatable bonds is 1. The molecule has 3 rings (SSSR count). The molecular formula is C11H6ClN3S. The Morgan fingerprint density at radius 3 is 2.75 bits per heavy atom. The van der Waals surface area contributed by atoms with Gasteiger partial charge in [-0.15, -0.1) is 0 Å². The molecule has 3 nitrogen and oxygen atoms in total. The molecule has 2 heterocycles. The largest absolute Gasteiger partial charge is 0.263 e. The van der Waals surface area contributed by atoms with Gasteiger partial charge in [-0.1, -0.05) is 35.9 Å². The maximum atomic E-state index is 5.98. The van der Waals surface area contributed by atoms with Gasteiger partial charge in [0.15, 0.2) is 5.15 Å². The summed E-state index contributed by atoms with van der Waals surface area (Å²) in [6, 6.07) is 8.01. The minimum atomic E-state index is 0.433. The van der Waals surface area contributed by atoms with Gasteiger partial charge in [0.1, 0.15) is 5.69 Å². The Morgan fingerprint density at radius 1 is 1.06 bits per heavy atom. The van der Waals surface area contributed by atoms with Gasteiger partial charge in [0, 0.05) is 23.3 Å². The molecule has 78 valence electrons. The van der Waals surface area contributed by atoms with E-state index in [4.69, 9.17) is 11.6 Å². The first-order valence-corrected chi connectivity index (χ1v) is 5.78. The molecule has 3 aromatic rings. The Morgan fingerprint density at radius 2 is 1.94 bits per heavy atom. The quantitative estimate of drug-likeness (QED) is 0.662. The second-order valence-corrected chi connectivity index (χ2v) is 4.20. The summed E-state index contributed by atoms with van der Waals surface area (Å²) in [6.45, 7) is 0. The molecule has 0 aliphatic rings. The van der Waals surface area contributed by atoms with E-state index in [1.165, 1.54) is 0 Å². The highest BCUT2D eigenvalue weighted by Crippen LogP contribution is 2.30. The number of hydrogen-bond donors (Lipinski definition) is 0. The normalized spacial score (nSPS) is 10.8. The molecule has 0 radical (unpaired) electrons. The molecule has 0 fully saturated rings. The molecule has 0 unspecified atom stereocenters. The topological polar surface area (TPSA) is 38.7 Å². The van der Waals surface area contributed by atoms with Crippen molar-refractivity contribution in [2.24, 2.45) is 0 Å². The lowest BCUT2D eigenvalue weighted by Crippen LogP contribution is -1.84. The van der Waals surface area contributed by atoms with Crippen LogP contribution in [0.2, 0.25) is 5.15 Å². The highest BCUT2D eigenvalue weighted by molar-refractivity contribution is 6.99. The Kier molecular flexibility index (Phi) is 2.31. The summed E-state index contributed by atoms with van der Waals surface area (Å²) < 4.78 is 8.16. The van der Waals surface area contributed by atoms with Crippen molar-refractivity contribution in [3.8, 4) is 11.3 Å². The molecule has 1 aromatic carbocycles. The van der Waals surface area contributed by atoms with Crippen LogP contribution in [0.25, 0.3) is 22.0 Å². The van der Waals surface area contributed by atoms with Crippen molar-refractivity contribution >= 4 is 34.1 Å². The number of aromatic nitrogens is 3. The van der Waals surface area contributed by atoms with Crippen molar-refractivity contribution in [3.63, 3.8) is 0 Å². The number of benzene rings is 1. The van der Waals surface area contributed by atoms with E-state index in [0.717, 1.165) is 28.1 Å². The van der Waals surface area contributed by atoms with Gasteiger partial charge in [-0.2, -0.15) is 8.75 Å². The maximum Gasteiger partial charge on any atom is 0.170 e. The molecular weight excluding hydrogens is 242 g/mol. The minimum absolute atomic E-state index is 0.433. The Balaban J connectivity index is 2.36. The Labute approximate surface area is 101 Å². The van der Waals surface area contributed by atoms with E-state index >= 15 is 0 Å². The average molecular weight is 248 g/mol. The van der Waals surface area contributed by atoms with Crippen molar-refractivity contribution in [2.45, 2.75) is 0 Å². The predicted molar refractivity (Wildman–Crippen MR) is 65.7 cm³/mol. The number of hydrogen-bond acceptors (Lipinski definition) is 4. The van der Waals surface area contributed by atoms with Crippen molar-refractivity contribution in [2.75, 3.05) is 0 Å². The summed E-state index contributed by atoms with van der Waals surface area (Å²) in [5.74, 6) is 0. The third kappa shape index (κ3) is 1.47. The van der Waals surface area contributed by atoms with Gasteiger partial charge >= 0.3 is 0 Å². The molecule has 16 heavy (non-hydrogen) atoms. The van der Waals surface area contributed by atoms with Crippen molar-refractivity contribution < 1.29 is 0 Å². The first-order chi connectivity index (χ1) is 7.86. The molecule has 0 amide bonds. The zero-order chi connectivity index (χ0) is 11.0. The van der Waals surface area contributed by atoms with E-state index in [1.54, 1.807) is 6.20 Å². The molecule has 5 heteroatoms. The molecule has 0 aliphatic heterocycles. The minimum Gasteiger partial charge on any atom is -0.263 e. The first kappa shape index (κ1) is 9.69. The zero-order valence-corrected chi connectivity index (χ0v) is 9.66. The third-order valence-corrected chi connectivity index (χ3v) is 3.26. The van der Waals surface area contributed by atoms with Gasteiger partial charge in [-0.05, 0) is 5.39 Å². The molecule has 0 saturated heterocycles. The fourth-order valence-corrected chi connectivity index (χ4v) is 2.40. The van der Waals surface area contributed by atoms with Crippen LogP contribution < -0.4 is 0 Å². The lowest BCUT2D eigenvalue weighted by Gasteiger charge is -2.02. The number of halogens is 1. The predicted octanol–water partition coefficient (Wildman–Crippen LogP) is 3.41. The van der Waals surface area contributed by atoms with Crippen LogP contribution in [0.5, 0.6) is 0 Å². The summed E-state index contributed by atoms with van der Waals surface area (Å²) in [4.78, 5) is 4.19. The maximum absolute atomic E-state index is 5.98. The van der Waals surface area contributed by atoms with Crippen LogP contribution in [0.4, 0.5) is 0 Å². The number of nitrogens with zero attached hydrogens (tertiary/aromatic N) is 3. The second-order valence-electron chi connectivity index (χ2n) is 3.31. The van der Waals surface area contributed by atoms with E-state index < -0.39 is 0 Å². The van der Waals surface area contributed by atoms with Crippen LogP contribution in [0.1, 0.15) is 0 Å². The summed E-state index contributed by atoms with van der Waals surface area (Å²) in [5, 5.41) is 2.60. The highest BCUT2D eigenvalue weighted by atomic mass is 35.5. The lowest BCUT2D eigenvalue weighted by molar-refractivity contribution is 1.35. The van der Waals surface area contributed by atoms with Crippen LogP contribution in [-0.2, 0) is 0 Å². The van der Waals surface area contributed by atoms with Crippen LogP contribution in [0, 0.1) is 0 Å². The molecule has 0 N–H and O–H groups in total. The molecule has 0 bridgehead atoms. The summed E-state index contributed by atoms with van der Waals surface area (Å²) >= 11 is 7.09. The van der Waals surface area contributed by atoms with Gasteiger partial charge < -0.3 is 0 Å². The second kappa shape index (κ2) is 3.81. The van der Waals surface area contributed by atoms with E-state index in [-0.39, 0.29) is 0 Å². The van der Waals surface area contributed by atoms with E-state index in [9.17, 15) is 0 Å².